The van der Waals surface area contributed by atoms with Crippen molar-refractivity contribution in [2.24, 2.45) is 11.5 Å². The number of halogens is 1. The molecule has 4 N–H and O–H groups in total. The number of carbonyl (C=O) groups is 2. The number of carbonyl (C=O) groups excluding carboxylic acids is 2. The number of rotatable bonds is 2. The molecule has 5 nitrogen and oxygen atoms in total. The van der Waals surface area contributed by atoms with E-state index >= 15 is 0 Å². The van der Waals surface area contributed by atoms with Crippen LogP contribution < -0.4 is 11.5 Å². The summed E-state index contributed by atoms with van der Waals surface area (Å²) in [7, 11) is 0. The van der Waals surface area contributed by atoms with Crippen LogP contribution in [0.2, 0.25) is 0 Å². The van der Waals surface area contributed by atoms with Gasteiger partial charge in [0.25, 0.3) is 5.91 Å². The summed E-state index contributed by atoms with van der Waals surface area (Å²) >= 11 is 0. The van der Waals surface area contributed by atoms with Gasteiger partial charge in [-0.15, -0.1) is 0 Å². The number of pyridine rings is 1. The van der Waals surface area contributed by atoms with Crippen molar-refractivity contribution in [3.8, 4) is 0 Å². The van der Waals surface area contributed by atoms with Gasteiger partial charge in [-0.05, 0) is 6.07 Å². The van der Waals surface area contributed by atoms with Crippen LogP contribution in [0.25, 0.3) is 0 Å². The van der Waals surface area contributed by atoms with Gasteiger partial charge in [-0.2, -0.15) is 0 Å². The van der Waals surface area contributed by atoms with Gasteiger partial charge in [0, 0.05) is 6.20 Å². The van der Waals surface area contributed by atoms with Crippen LogP contribution >= 0.6 is 0 Å². The molecule has 0 unspecified atom stereocenters. The second-order valence-corrected chi connectivity index (χ2v) is 2.28. The molecule has 0 spiro atoms. The van der Waals surface area contributed by atoms with Crippen molar-refractivity contribution in [3.05, 3.63) is 29.3 Å². The molecule has 68 valence electrons. The molecule has 6 heteroatoms. The summed E-state index contributed by atoms with van der Waals surface area (Å²) in [6.07, 6.45) is 0.992. The number of aromatic nitrogens is 1. The van der Waals surface area contributed by atoms with Crippen LogP contribution in [0.4, 0.5) is 4.39 Å². The zero-order valence-corrected chi connectivity index (χ0v) is 6.45. The fourth-order valence-corrected chi connectivity index (χ4v) is 0.754. The maximum absolute atomic E-state index is 12.9. The Bertz CT molecular complexity index is 378. The van der Waals surface area contributed by atoms with E-state index in [1.807, 2.05) is 0 Å². The van der Waals surface area contributed by atoms with E-state index in [0.717, 1.165) is 12.3 Å². The van der Waals surface area contributed by atoms with Gasteiger partial charge < -0.3 is 11.5 Å². The van der Waals surface area contributed by atoms with Crippen molar-refractivity contribution in [1.82, 2.24) is 4.98 Å². The monoisotopic (exact) mass is 183 g/mol. The van der Waals surface area contributed by atoms with Gasteiger partial charge in [-0.3, -0.25) is 9.59 Å². The van der Waals surface area contributed by atoms with E-state index in [1.54, 1.807) is 0 Å². The molecule has 0 aliphatic rings. The minimum atomic E-state index is -0.992. The lowest BCUT2D eigenvalue weighted by atomic mass is 10.2. The Labute approximate surface area is 72.5 Å². The van der Waals surface area contributed by atoms with Crippen LogP contribution in [0.15, 0.2) is 12.3 Å². The Balaban J connectivity index is 3.20. The van der Waals surface area contributed by atoms with Crippen LogP contribution in [0.3, 0.4) is 0 Å². The number of primary amides is 2. The van der Waals surface area contributed by atoms with Crippen LogP contribution in [-0.4, -0.2) is 16.8 Å². The summed E-state index contributed by atoms with van der Waals surface area (Å²) in [5.41, 5.74) is 9.01. The third kappa shape index (κ3) is 1.78. The van der Waals surface area contributed by atoms with Gasteiger partial charge in [-0.1, -0.05) is 0 Å². The van der Waals surface area contributed by atoms with E-state index in [0.29, 0.717) is 0 Å². The zero-order chi connectivity index (χ0) is 10.0. The van der Waals surface area contributed by atoms with Crippen molar-refractivity contribution in [3.63, 3.8) is 0 Å². The minimum Gasteiger partial charge on any atom is -0.366 e. The number of hydrogen-bond donors (Lipinski definition) is 2. The molecule has 0 atom stereocenters. The van der Waals surface area contributed by atoms with Crippen LogP contribution in [-0.2, 0) is 0 Å². The predicted molar refractivity (Wildman–Crippen MR) is 41.2 cm³/mol. The van der Waals surface area contributed by atoms with Crippen LogP contribution in [0.5, 0.6) is 0 Å². The van der Waals surface area contributed by atoms with Crippen molar-refractivity contribution in [1.29, 1.82) is 0 Å². The fourth-order valence-electron chi connectivity index (χ4n) is 0.754. The smallest absolute Gasteiger partial charge is 0.270 e. The fraction of sp³-hybridized carbons (Fsp3) is 0. The normalized spacial score (nSPS) is 9.62. The molecule has 0 fully saturated rings. The van der Waals surface area contributed by atoms with Gasteiger partial charge >= 0.3 is 0 Å². The molecule has 1 aromatic rings. The Hall–Kier alpha value is -1.98. The molecular formula is C7H6FN3O2. The number of hydrogen-bond acceptors (Lipinski definition) is 3. The first kappa shape index (κ1) is 9.11. The highest BCUT2D eigenvalue weighted by atomic mass is 19.1. The first-order chi connectivity index (χ1) is 6.02. The number of amides is 2. The van der Waals surface area contributed by atoms with Crippen molar-refractivity contribution >= 4 is 11.8 Å². The Kier molecular flexibility index (Phi) is 2.23. The first-order valence-corrected chi connectivity index (χ1v) is 3.27. The van der Waals surface area contributed by atoms with Crippen LogP contribution in [0.1, 0.15) is 20.8 Å². The van der Waals surface area contributed by atoms with Gasteiger partial charge in [0.1, 0.15) is 0 Å². The molecule has 0 saturated heterocycles. The molecule has 2 amide bonds. The molecule has 13 heavy (non-hydrogen) atoms. The molecule has 1 rings (SSSR count). The molecule has 0 radical (unpaired) electrons. The van der Waals surface area contributed by atoms with E-state index in [1.165, 1.54) is 0 Å². The summed E-state index contributed by atoms with van der Waals surface area (Å²) in [6, 6.07) is 0.815. The molecule has 0 aliphatic carbocycles. The third-order valence-corrected chi connectivity index (χ3v) is 1.36. The topological polar surface area (TPSA) is 99.1 Å². The van der Waals surface area contributed by atoms with Gasteiger partial charge in [-0.25, -0.2) is 9.37 Å². The van der Waals surface area contributed by atoms with E-state index in [-0.39, 0.29) is 5.56 Å². The standard InChI is InChI=1S/C7H6FN3O2/c8-4-1-3(6(9)12)2-11-5(4)7(10)13/h1-2H,(H2,9,12)(H2,10,13). The number of nitrogens with two attached hydrogens (primary N) is 2. The van der Waals surface area contributed by atoms with Gasteiger partial charge in [0.15, 0.2) is 11.5 Å². The molecule has 1 aromatic heterocycles. The van der Waals surface area contributed by atoms with Crippen molar-refractivity contribution < 1.29 is 14.0 Å². The highest BCUT2D eigenvalue weighted by Crippen LogP contribution is 2.05. The lowest BCUT2D eigenvalue weighted by molar-refractivity contribution is 0.0980. The Morgan fingerprint density at radius 2 is 1.92 bits per heavy atom. The Morgan fingerprint density at radius 1 is 1.31 bits per heavy atom. The molecule has 0 aromatic carbocycles. The SMILES string of the molecule is NC(=O)c1cnc(C(N)=O)c(F)c1. The molecule has 0 aliphatic heterocycles. The Morgan fingerprint density at radius 3 is 2.31 bits per heavy atom. The summed E-state index contributed by atoms with van der Waals surface area (Å²) < 4.78 is 12.9. The molecule has 0 bridgehead atoms. The average molecular weight is 183 g/mol. The maximum atomic E-state index is 12.9. The van der Waals surface area contributed by atoms with Crippen LogP contribution in [0, 0.1) is 5.82 Å². The van der Waals surface area contributed by atoms with E-state index < -0.39 is 23.3 Å². The third-order valence-electron chi connectivity index (χ3n) is 1.36. The average Bonchev–Trinajstić information content (AvgIpc) is 2.03. The van der Waals surface area contributed by atoms with E-state index in [9.17, 15) is 14.0 Å². The minimum absolute atomic E-state index is 0.109. The summed E-state index contributed by atoms with van der Waals surface area (Å²) in [6.45, 7) is 0. The van der Waals surface area contributed by atoms with Crippen molar-refractivity contribution in [2.45, 2.75) is 0 Å². The van der Waals surface area contributed by atoms with Gasteiger partial charge in [0.2, 0.25) is 5.91 Å². The zero-order valence-electron chi connectivity index (χ0n) is 6.45. The number of nitrogens with zero attached hydrogens (tertiary/aromatic N) is 1. The second kappa shape index (κ2) is 3.18. The summed E-state index contributed by atoms with van der Waals surface area (Å²) in [4.78, 5) is 24.4. The molecule has 0 saturated carbocycles. The highest BCUT2D eigenvalue weighted by molar-refractivity contribution is 5.95. The highest BCUT2D eigenvalue weighted by Gasteiger charge is 2.12. The summed E-state index contributed by atoms with van der Waals surface area (Å²) in [5.74, 6) is -2.76. The molecule has 1 heterocycles. The van der Waals surface area contributed by atoms with E-state index in [2.05, 4.69) is 4.98 Å². The van der Waals surface area contributed by atoms with Gasteiger partial charge in [0.05, 0.1) is 5.56 Å². The lowest BCUT2D eigenvalue weighted by Gasteiger charge is -1.98. The second-order valence-electron chi connectivity index (χ2n) is 2.28. The summed E-state index contributed by atoms with van der Waals surface area (Å²) in [5, 5.41) is 0. The molecular weight excluding hydrogens is 177 g/mol. The lowest BCUT2D eigenvalue weighted by Crippen LogP contribution is -2.18. The first-order valence-electron chi connectivity index (χ1n) is 3.27. The maximum Gasteiger partial charge on any atom is 0.270 e. The largest absolute Gasteiger partial charge is 0.366 e. The van der Waals surface area contributed by atoms with Crippen molar-refractivity contribution in [2.75, 3.05) is 0 Å². The quantitative estimate of drug-likeness (QED) is 0.641. The van der Waals surface area contributed by atoms with E-state index in [4.69, 9.17) is 11.5 Å². The predicted octanol–water partition coefficient (Wildman–Crippen LogP) is -0.582.